The second kappa shape index (κ2) is 6.55. The van der Waals surface area contributed by atoms with E-state index in [0.29, 0.717) is 0 Å². The van der Waals surface area contributed by atoms with Crippen molar-refractivity contribution in [2.75, 3.05) is 19.0 Å². The van der Waals surface area contributed by atoms with Gasteiger partial charge in [-0.15, -0.1) is 11.3 Å². The quantitative estimate of drug-likeness (QED) is 0.879. The zero-order valence-corrected chi connectivity index (χ0v) is 13.9. The number of nitrogens with one attached hydrogen (secondary N) is 1. The Morgan fingerprint density at radius 1 is 1.32 bits per heavy atom. The first-order valence-corrected chi connectivity index (χ1v) is 7.95. The first kappa shape index (κ1) is 14.6. The molecule has 4 heteroatoms. The Bertz CT molecular complexity index is 551. The third-order valence-corrected chi connectivity index (χ3v) is 4.73. The normalized spacial score (nSPS) is 10.7. The number of aryl methyl sites for hydroxylation is 1. The molecule has 1 heterocycles. The van der Waals surface area contributed by atoms with Gasteiger partial charge in [-0.25, -0.2) is 0 Å². The minimum atomic E-state index is 0.924. The molecule has 0 fully saturated rings. The van der Waals surface area contributed by atoms with Crippen molar-refractivity contribution in [3.63, 3.8) is 0 Å². The van der Waals surface area contributed by atoms with Crippen LogP contribution >= 0.6 is 27.3 Å². The molecule has 1 aromatic carbocycles. The van der Waals surface area contributed by atoms with Crippen LogP contribution in [0.2, 0.25) is 0 Å². The van der Waals surface area contributed by atoms with E-state index in [0.717, 1.165) is 13.1 Å². The van der Waals surface area contributed by atoms with E-state index in [2.05, 4.69) is 69.8 Å². The Morgan fingerprint density at radius 2 is 2.11 bits per heavy atom. The molecule has 0 aliphatic rings. The van der Waals surface area contributed by atoms with Crippen LogP contribution in [-0.2, 0) is 13.1 Å². The SMILES string of the molecule is CNCc1ccc(N(C)Cc2csc(Br)c2)cc1C. The van der Waals surface area contributed by atoms with Gasteiger partial charge in [-0.3, -0.25) is 0 Å². The number of nitrogens with zero attached hydrogens (tertiary/aromatic N) is 1. The molecule has 1 N–H and O–H groups in total. The lowest BCUT2D eigenvalue weighted by atomic mass is 10.1. The Hall–Kier alpha value is -0.840. The zero-order valence-electron chi connectivity index (χ0n) is 11.5. The van der Waals surface area contributed by atoms with Crippen LogP contribution in [0.1, 0.15) is 16.7 Å². The van der Waals surface area contributed by atoms with Gasteiger partial charge in [0, 0.05) is 25.8 Å². The largest absolute Gasteiger partial charge is 0.370 e. The van der Waals surface area contributed by atoms with Crippen LogP contribution in [-0.4, -0.2) is 14.1 Å². The summed E-state index contributed by atoms with van der Waals surface area (Å²) in [5.41, 5.74) is 5.30. The van der Waals surface area contributed by atoms with Crippen molar-refractivity contribution in [1.82, 2.24) is 5.32 Å². The lowest BCUT2D eigenvalue weighted by molar-refractivity contribution is 0.811. The molecule has 1 aromatic heterocycles. The third-order valence-electron chi connectivity index (χ3n) is 3.18. The Kier molecular flexibility index (Phi) is 5.02. The maximum absolute atomic E-state index is 3.51. The molecule has 0 radical (unpaired) electrons. The molecule has 0 saturated heterocycles. The summed E-state index contributed by atoms with van der Waals surface area (Å²) < 4.78 is 1.19. The first-order chi connectivity index (χ1) is 9.10. The van der Waals surface area contributed by atoms with Crippen molar-refractivity contribution in [1.29, 1.82) is 0 Å². The molecule has 0 unspecified atom stereocenters. The molecule has 2 nitrogen and oxygen atoms in total. The molecule has 0 aliphatic carbocycles. The molecular formula is C15H19BrN2S. The van der Waals surface area contributed by atoms with E-state index in [1.165, 1.54) is 26.2 Å². The number of rotatable bonds is 5. The summed E-state index contributed by atoms with van der Waals surface area (Å²) in [6.45, 7) is 4.03. The highest BCUT2D eigenvalue weighted by Gasteiger charge is 2.06. The van der Waals surface area contributed by atoms with Crippen LogP contribution in [0, 0.1) is 6.92 Å². The van der Waals surface area contributed by atoms with Crippen molar-refractivity contribution in [3.05, 3.63) is 50.1 Å². The Morgan fingerprint density at radius 3 is 2.68 bits per heavy atom. The summed E-state index contributed by atoms with van der Waals surface area (Å²) in [5, 5.41) is 5.40. The van der Waals surface area contributed by atoms with Gasteiger partial charge in [0.15, 0.2) is 0 Å². The molecule has 19 heavy (non-hydrogen) atoms. The van der Waals surface area contributed by atoms with Gasteiger partial charge in [0.2, 0.25) is 0 Å². The van der Waals surface area contributed by atoms with Gasteiger partial charge in [0.25, 0.3) is 0 Å². The van der Waals surface area contributed by atoms with Crippen molar-refractivity contribution < 1.29 is 0 Å². The average Bonchev–Trinajstić information content (AvgIpc) is 2.77. The Balaban J connectivity index is 2.10. The maximum Gasteiger partial charge on any atom is 0.0701 e. The number of halogens is 1. The van der Waals surface area contributed by atoms with E-state index in [1.807, 2.05) is 7.05 Å². The predicted octanol–water partition coefficient (Wildman–Crippen LogP) is 4.17. The number of thiophene rings is 1. The molecule has 0 amide bonds. The highest BCUT2D eigenvalue weighted by atomic mass is 79.9. The summed E-state index contributed by atoms with van der Waals surface area (Å²) in [5.74, 6) is 0. The van der Waals surface area contributed by atoms with Crippen molar-refractivity contribution in [2.45, 2.75) is 20.0 Å². The smallest absolute Gasteiger partial charge is 0.0701 e. The number of anilines is 1. The standard InChI is InChI=1S/C15H19BrN2S/c1-11-6-14(5-4-13(11)8-17-2)18(3)9-12-7-15(16)19-10-12/h4-7,10,17H,8-9H2,1-3H3. The molecule has 0 saturated carbocycles. The van der Waals surface area contributed by atoms with Gasteiger partial charge in [-0.1, -0.05) is 6.07 Å². The van der Waals surface area contributed by atoms with Gasteiger partial charge >= 0.3 is 0 Å². The predicted molar refractivity (Wildman–Crippen MR) is 88.1 cm³/mol. The number of benzene rings is 1. The fraction of sp³-hybridized carbons (Fsp3) is 0.333. The number of hydrogen-bond donors (Lipinski definition) is 1. The van der Waals surface area contributed by atoms with Crippen LogP contribution in [0.15, 0.2) is 33.4 Å². The first-order valence-electron chi connectivity index (χ1n) is 6.28. The van der Waals surface area contributed by atoms with Gasteiger partial charge in [-0.2, -0.15) is 0 Å². The maximum atomic E-state index is 3.51. The molecule has 0 atom stereocenters. The zero-order chi connectivity index (χ0) is 13.8. The summed E-state index contributed by atoms with van der Waals surface area (Å²) in [4.78, 5) is 2.28. The van der Waals surface area contributed by atoms with Crippen molar-refractivity contribution in [3.8, 4) is 0 Å². The van der Waals surface area contributed by atoms with Crippen LogP contribution in [0.5, 0.6) is 0 Å². The van der Waals surface area contributed by atoms with Crippen LogP contribution in [0.3, 0.4) is 0 Å². The van der Waals surface area contributed by atoms with E-state index in [-0.39, 0.29) is 0 Å². The van der Waals surface area contributed by atoms with E-state index < -0.39 is 0 Å². The van der Waals surface area contributed by atoms with Crippen molar-refractivity contribution >= 4 is 33.0 Å². The molecule has 0 aliphatic heterocycles. The summed E-state index contributed by atoms with van der Waals surface area (Å²) >= 11 is 5.25. The molecular weight excluding hydrogens is 320 g/mol. The fourth-order valence-electron chi connectivity index (χ4n) is 2.10. The highest BCUT2D eigenvalue weighted by Crippen LogP contribution is 2.24. The summed E-state index contributed by atoms with van der Waals surface area (Å²) in [7, 11) is 4.12. The molecule has 0 bridgehead atoms. The van der Waals surface area contributed by atoms with Gasteiger partial charge in [0.05, 0.1) is 3.79 Å². The molecule has 102 valence electrons. The van der Waals surface area contributed by atoms with Crippen LogP contribution in [0.25, 0.3) is 0 Å². The van der Waals surface area contributed by atoms with Crippen molar-refractivity contribution in [2.24, 2.45) is 0 Å². The van der Waals surface area contributed by atoms with Gasteiger partial charge in [0.1, 0.15) is 0 Å². The van der Waals surface area contributed by atoms with E-state index in [4.69, 9.17) is 0 Å². The van der Waals surface area contributed by atoms with E-state index in [1.54, 1.807) is 11.3 Å². The lowest BCUT2D eigenvalue weighted by Gasteiger charge is -2.20. The molecule has 2 rings (SSSR count). The van der Waals surface area contributed by atoms with E-state index >= 15 is 0 Å². The third kappa shape index (κ3) is 3.81. The van der Waals surface area contributed by atoms with Gasteiger partial charge < -0.3 is 10.2 Å². The molecule has 2 aromatic rings. The van der Waals surface area contributed by atoms with Crippen LogP contribution in [0.4, 0.5) is 5.69 Å². The second-order valence-corrected chi connectivity index (χ2v) is 7.05. The monoisotopic (exact) mass is 338 g/mol. The van der Waals surface area contributed by atoms with Gasteiger partial charge in [-0.05, 0) is 70.2 Å². The minimum Gasteiger partial charge on any atom is -0.370 e. The second-order valence-electron chi connectivity index (χ2n) is 4.76. The summed E-state index contributed by atoms with van der Waals surface area (Å²) in [6, 6.07) is 8.85. The average molecular weight is 339 g/mol. The number of hydrogen-bond acceptors (Lipinski definition) is 3. The topological polar surface area (TPSA) is 15.3 Å². The Labute approximate surface area is 127 Å². The van der Waals surface area contributed by atoms with E-state index in [9.17, 15) is 0 Å². The molecule has 0 spiro atoms. The minimum absolute atomic E-state index is 0.924. The summed E-state index contributed by atoms with van der Waals surface area (Å²) in [6.07, 6.45) is 0. The van der Waals surface area contributed by atoms with Crippen LogP contribution < -0.4 is 10.2 Å². The highest BCUT2D eigenvalue weighted by molar-refractivity contribution is 9.11. The fourth-order valence-corrected chi connectivity index (χ4v) is 3.30. The lowest BCUT2D eigenvalue weighted by Crippen LogP contribution is -2.16.